The third-order valence-electron chi connectivity index (χ3n) is 9.09. The van der Waals surface area contributed by atoms with Gasteiger partial charge in [0.2, 0.25) is 5.91 Å². The summed E-state index contributed by atoms with van der Waals surface area (Å²) in [6.45, 7) is 4.76. The Morgan fingerprint density at radius 2 is 1.67 bits per heavy atom. The molecule has 3 saturated heterocycles. The van der Waals surface area contributed by atoms with Crippen molar-refractivity contribution in [3.63, 3.8) is 0 Å². The van der Waals surface area contributed by atoms with E-state index >= 15 is 0 Å². The highest BCUT2D eigenvalue weighted by Crippen LogP contribution is 2.43. The van der Waals surface area contributed by atoms with E-state index in [9.17, 15) is 9.59 Å². The highest BCUT2D eigenvalue weighted by atomic mass is 32.1. The zero-order valence-corrected chi connectivity index (χ0v) is 24.9. The van der Waals surface area contributed by atoms with E-state index in [4.69, 9.17) is 13.9 Å². The maximum absolute atomic E-state index is 13.3. The number of ether oxygens (including phenoxy) is 2. The second kappa shape index (κ2) is 10.7. The first kappa shape index (κ1) is 26.8. The molecule has 0 saturated carbocycles. The number of nitrogens with zero attached hydrogens (tertiary/aromatic N) is 3. The summed E-state index contributed by atoms with van der Waals surface area (Å²) < 4.78 is 20.3. The standard InChI is InChI=1S/C34H33N3O5S/c1-35(31(39)20-36-12-14-40-15-13-36)21-8-11-30-28(16-21)26-6-3-5-25(34(26)43-30)24-4-2-7-27-29(38)17-32(42-33(24)27)37-18-22-9-10-23(19-37)41-22/h2-8,11,16-17,22-23H,9-10,12-15,18-20H2,1H3. The summed E-state index contributed by atoms with van der Waals surface area (Å²) in [7, 11) is 1.85. The molecule has 5 heterocycles. The second-order valence-electron chi connectivity index (χ2n) is 11.8. The topological polar surface area (TPSA) is 75.5 Å². The number of likely N-dealkylation sites (N-methyl/N-ethyl adjacent to an activating group) is 1. The van der Waals surface area contributed by atoms with E-state index in [-0.39, 0.29) is 23.5 Å². The molecular weight excluding hydrogens is 562 g/mol. The minimum absolute atomic E-state index is 0.0325. The van der Waals surface area contributed by atoms with Crippen molar-refractivity contribution in [1.82, 2.24) is 4.90 Å². The molecule has 0 radical (unpaired) electrons. The van der Waals surface area contributed by atoms with Crippen molar-refractivity contribution >= 4 is 60.0 Å². The number of para-hydroxylation sites is 1. The van der Waals surface area contributed by atoms with Crippen LogP contribution in [0, 0.1) is 0 Å². The van der Waals surface area contributed by atoms with Crippen LogP contribution in [-0.2, 0) is 14.3 Å². The number of hydrogen-bond donors (Lipinski definition) is 0. The normalized spacial score (nSPS) is 20.8. The van der Waals surface area contributed by atoms with Crippen molar-refractivity contribution in [3.8, 4) is 11.1 Å². The summed E-state index contributed by atoms with van der Waals surface area (Å²) in [4.78, 5) is 32.5. The minimum Gasteiger partial charge on any atom is -0.440 e. The van der Waals surface area contributed by atoms with Gasteiger partial charge in [-0.2, -0.15) is 0 Å². The predicted molar refractivity (Wildman–Crippen MR) is 172 cm³/mol. The smallest absolute Gasteiger partial charge is 0.240 e. The van der Waals surface area contributed by atoms with Crippen LogP contribution in [-0.4, -0.2) is 76.0 Å². The van der Waals surface area contributed by atoms with E-state index in [1.807, 2.05) is 31.3 Å². The number of fused-ring (bicyclic) bond motifs is 6. The first-order valence-electron chi connectivity index (χ1n) is 15.0. The monoisotopic (exact) mass is 595 g/mol. The highest BCUT2D eigenvalue weighted by Gasteiger charge is 2.35. The Labute approximate surface area is 253 Å². The average molecular weight is 596 g/mol. The summed E-state index contributed by atoms with van der Waals surface area (Å²) in [6.07, 6.45) is 2.50. The molecule has 8 rings (SSSR count). The number of anilines is 2. The fourth-order valence-electron chi connectivity index (χ4n) is 6.74. The molecule has 0 aliphatic carbocycles. The Kier molecular flexibility index (Phi) is 6.71. The molecule has 43 heavy (non-hydrogen) atoms. The maximum atomic E-state index is 13.3. The molecule has 3 fully saturated rings. The summed E-state index contributed by atoms with van der Waals surface area (Å²) in [5.41, 5.74) is 3.39. The van der Waals surface area contributed by atoms with Gasteiger partial charge in [-0.05, 0) is 37.1 Å². The lowest BCUT2D eigenvalue weighted by Crippen LogP contribution is -2.43. The predicted octanol–water partition coefficient (Wildman–Crippen LogP) is 5.49. The molecule has 220 valence electrons. The summed E-state index contributed by atoms with van der Waals surface area (Å²) >= 11 is 1.72. The number of hydrogen-bond acceptors (Lipinski definition) is 8. The van der Waals surface area contributed by atoms with Crippen molar-refractivity contribution < 1.29 is 18.7 Å². The van der Waals surface area contributed by atoms with Crippen molar-refractivity contribution in [2.45, 2.75) is 25.0 Å². The van der Waals surface area contributed by atoms with Crippen molar-refractivity contribution in [2.75, 3.05) is 62.8 Å². The molecule has 2 unspecified atom stereocenters. The Hall–Kier alpha value is -3.76. The number of benzene rings is 3. The molecule has 0 N–H and O–H groups in total. The van der Waals surface area contributed by atoms with Crippen LogP contribution in [0.1, 0.15) is 12.8 Å². The molecule has 0 spiro atoms. The Balaban J connectivity index is 1.18. The van der Waals surface area contributed by atoms with Crippen molar-refractivity contribution in [2.24, 2.45) is 0 Å². The van der Waals surface area contributed by atoms with E-state index in [0.29, 0.717) is 36.6 Å². The number of carbonyl (C=O) groups excluding carboxylic acids is 1. The Morgan fingerprint density at radius 3 is 2.47 bits per heavy atom. The van der Waals surface area contributed by atoms with E-state index < -0.39 is 0 Å². The van der Waals surface area contributed by atoms with Gasteiger partial charge in [0.05, 0.1) is 37.4 Å². The summed E-state index contributed by atoms with van der Waals surface area (Å²) in [5, 5.41) is 2.81. The SMILES string of the molecule is CN(C(=O)CN1CCOCC1)c1ccc2sc3c(-c4cccc5c(=O)cc(N6CC7CCC(C6)O7)oc45)cccc3c2c1. The van der Waals surface area contributed by atoms with Gasteiger partial charge >= 0.3 is 0 Å². The molecule has 3 aromatic carbocycles. The molecule has 2 bridgehead atoms. The number of morpholine rings is 2. The van der Waals surface area contributed by atoms with Gasteiger partial charge in [0.1, 0.15) is 5.58 Å². The maximum Gasteiger partial charge on any atom is 0.240 e. The lowest BCUT2D eigenvalue weighted by atomic mass is 10.0. The molecule has 5 aromatic rings. The lowest BCUT2D eigenvalue weighted by molar-refractivity contribution is -0.120. The van der Waals surface area contributed by atoms with Crippen LogP contribution >= 0.6 is 11.3 Å². The number of carbonyl (C=O) groups is 1. The molecule has 3 aliphatic heterocycles. The zero-order chi connectivity index (χ0) is 29.1. The third-order valence-corrected chi connectivity index (χ3v) is 10.3. The van der Waals surface area contributed by atoms with Crippen LogP contribution in [0.25, 0.3) is 42.3 Å². The quantitative estimate of drug-likeness (QED) is 0.266. The van der Waals surface area contributed by atoms with Crippen LogP contribution in [0.15, 0.2) is 69.9 Å². The van der Waals surface area contributed by atoms with Crippen LogP contribution < -0.4 is 15.2 Å². The largest absolute Gasteiger partial charge is 0.440 e. The molecule has 1 amide bonds. The molecule has 8 nitrogen and oxygen atoms in total. The number of thiophene rings is 1. The fraction of sp³-hybridized carbons (Fsp3) is 0.353. The van der Waals surface area contributed by atoms with Gasteiger partial charge < -0.3 is 23.7 Å². The Morgan fingerprint density at radius 1 is 0.930 bits per heavy atom. The van der Waals surface area contributed by atoms with Gasteiger partial charge in [-0.15, -0.1) is 11.3 Å². The van der Waals surface area contributed by atoms with Gasteiger partial charge in [-0.1, -0.05) is 30.3 Å². The first-order chi connectivity index (χ1) is 21.0. The van der Waals surface area contributed by atoms with E-state index in [2.05, 4.69) is 40.1 Å². The van der Waals surface area contributed by atoms with E-state index in [1.165, 1.54) is 0 Å². The van der Waals surface area contributed by atoms with Crippen LogP contribution in [0.3, 0.4) is 0 Å². The number of amides is 1. The average Bonchev–Trinajstić information content (AvgIpc) is 3.58. The first-order valence-corrected chi connectivity index (χ1v) is 15.8. The minimum atomic E-state index is -0.0325. The second-order valence-corrected chi connectivity index (χ2v) is 12.9. The molecule has 2 atom stereocenters. The van der Waals surface area contributed by atoms with Gasteiger partial charge in [0.15, 0.2) is 11.3 Å². The fourth-order valence-corrected chi connectivity index (χ4v) is 7.95. The molecular formula is C34H33N3O5S. The molecule has 9 heteroatoms. The van der Waals surface area contributed by atoms with Gasteiger partial charge in [0.25, 0.3) is 0 Å². The lowest BCUT2D eigenvalue weighted by Gasteiger charge is -2.32. The van der Waals surface area contributed by atoms with E-state index in [1.54, 1.807) is 22.3 Å². The summed E-state index contributed by atoms with van der Waals surface area (Å²) in [6, 6.07) is 20.0. The van der Waals surface area contributed by atoms with Crippen molar-refractivity contribution in [3.05, 3.63) is 70.9 Å². The summed E-state index contributed by atoms with van der Waals surface area (Å²) in [5.74, 6) is 0.680. The van der Waals surface area contributed by atoms with Gasteiger partial charge in [0, 0.05) is 76.3 Å². The van der Waals surface area contributed by atoms with Crippen LogP contribution in [0.5, 0.6) is 0 Å². The molecule has 3 aliphatic rings. The molecule has 2 aromatic heterocycles. The third kappa shape index (κ3) is 4.80. The van der Waals surface area contributed by atoms with E-state index in [0.717, 1.165) is 76.0 Å². The van der Waals surface area contributed by atoms with Crippen molar-refractivity contribution in [1.29, 1.82) is 0 Å². The Bertz CT molecular complexity index is 1910. The number of rotatable bonds is 5. The van der Waals surface area contributed by atoms with Crippen LogP contribution in [0.4, 0.5) is 11.6 Å². The van der Waals surface area contributed by atoms with Gasteiger partial charge in [-0.25, -0.2) is 0 Å². The highest BCUT2D eigenvalue weighted by molar-refractivity contribution is 7.26. The van der Waals surface area contributed by atoms with Crippen LogP contribution in [0.2, 0.25) is 0 Å². The van der Waals surface area contributed by atoms with Gasteiger partial charge in [-0.3, -0.25) is 14.5 Å². The zero-order valence-electron chi connectivity index (χ0n) is 24.1.